The molecule has 1 aliphatic carbocycles. The number of aromatic nitrogens is 3. The van der Waals surface area contributed by atoms with Crippen molar-refractivity contribution in [2.24, 2.45) is 0 Å². The van der Waals surface area contributed by atoms with E-state index in [1.165, 1.54) is 7.11 Å². The van der Waals surface area contributed by atoms with Crippen molar-refractivity contribution in [3.8, 4) is 6.07 Å². The Morgan fingerprint density at radius 1 is 1.19 bits per heavy atom. The average Bonchev–Trinajstić information content (AvgIpc) is 3.23. The predicted octanol–water partition coefficient (Wildman–Crippen LogP) is 4.83. The molecule has 7 heteroatoms. The highest BCUT2D eigenvalue weighted by molar-refractivity contribution is 6.01. The van der Waals surface area contributed by atoms with Crippen LogP contribution in [0.5, 0.6) is 0 Å². The van der Waals surface area contributed by atoms with E-state index < -0.39 is 5.97 Å². The van der Waals surface area contributed by atoms with Gasteiger partial charge in [0.25, 0.3) is 0 Å². The number of para-hydroxylation sites is 1. The molecule has 1 aliphatic rings. The smallest absolute Gasteiger partial charge is 0.340 e. The Hall–Kier alpha value is -4.18. The van der Waals surface area contributed by atoms with E-state index in [1.807, 2.05) is 36.5 Å². The number of esters is 1. The van der Waals surface area contributed by atoms with Gasteiger partial charge in [0.2, 0.25) is 0 Å². The molecule has 0 amide bonds. The maximum Gasteiger partial charge on any atom is 0.340 e. The van der Waals surface area contributed by atoms with Gasteiger partial charge in [0.15, 0.2) is 0 Å². The third kappa shape index (κ3) is 3.26. The van der Waals surface area contributed by atoms with E-state index in [4.69, 9.17) is 15.0 Å². The largest absolute Gasteiger partial charge is 0.465 e. The second-order valence-corrected chi connectivity index (χ2v) is 7.96. The van der Waals surface area contributed by atoms with Crippen molar-refractivity contribution >= 4 is 28.5 Å². The lowest BCUT2D eigenvalue weighted by molar-refractivity contribution is 0.0602. The number of nitriles is 1. The van der Waals surface area contributed by atoms with Gasteiger partial charge in [-0.3, -0.25) is 0 Å². The van der Waals surface area contributed by atoms with Gasteiger partial charge in [-0.15, -0.1) is 0 Å². The summed E-state index contributed by atoms with van der Waals surface area (Å²) in [7, 11) is 1.37. The third-order valence-corrected chi connectivity index (χ3v) is 6.16. The van der Waals surface area contributed by atoms with E-state index in [0.29, 0.717) is 22.5 Å². The monoisotopic (exact) mass is 423 g/mol. The lowest BCUT2D eigenvalue weighted by atomic mass is 9.64. The summed E-state index contributed by atoms with van der Waals surface area (Å²) in [5.74, 6) is 1.16. The number of imidazole rings is 1. The zero-order valence-corrected chi connectivity index (χ0v) is 17.6. The Labute approximate surface area is 185 Å². The lowest BCUT2D eigenvalue weighted by Gasteiger charge is -2.40. The molecular formula is C25H21N5O2. The van der Waals surface area contributed by atoms with Crippen LogP contribution in [-0.2, 0) is 10.2 Å². The molecule has 4 aromatic rings. The number of rotatable bonds is 5. The number of aromatic amines is 1. The molecule has 2 aromatic heterocycles. The molecule has 0 aliphatic heterocycles. The number of nitrogens with one attached hydrogen (secondary N) is 2. The van der Waals surface area contributed by atoms with Crippen LogP contribution < -0.4 is 5.32 Å². The Bertz CT molecular complexity index is 1350. The fourth-order valence-corrected chi connectivity index (χ4v) is 4.29. The second kappa shape index (κ2) is 7.82. The van der Waals surface area contributed by atoms with Gasteiger partial charge in [-0.1, -0.05) is 24.6 Å². The molecule has 0 atom stereocenters. The van der Waals surface area contributed by atoms with Crippen LogP contribution in [0.4, 0.5) is 11.5 Å². The molecule has 158 valence electrons. The molecule has 5 rings (SSSR count). The minimum atomic E-state index is -0.395. The van der Waals surface area contributed by atoms with Crippen molar-refractivity contribution in [2.75, 3.05) is 12.4 Å². The standard InChI is InChI=1S/C25H21N5O2/c1-32-23(31)19-7-3-8-20-22(19)30-24(29-20)25(11-4-12-25)17-9-10-21(27-15-17)28-18-6-2-5-16(13-18)14-26/h2-3,5-10,13,15H,4,11-12H2,1H3,(H,27,28)(H,29,30). The first-order valence-corrected chi connectivity index (χ1v) is 10.4. The summed E-state index contributed by atoms with van der Waals surface area (Å²) in [5, 5.41) is 12.3. The number of hydrogen-bond donors (Lipinski definition) is 2. The van der Waals surface area contributed by atoms with Crippen molar-refractivity contribution in [2.45, 2.75) is 24.7 Å². The number of methoxy groups -OCH3 is 1. The van der Waals surface area contributed by atoms with Gasteiger partial charge in [0.1, 0.15) is 17.2 Å². The van der Waals surface area contributed by atoms with Crippen molar-refractivity contribution in [3.05, 3.63) is 83.3 Å². The molecule has 0 unspecified atom stereocenters. The number of carbonyl (C=O) groups excluding carboxylic acids is 1. The quantitative estimate of drug-likeness (QED) is 0.446. The maximum atomic E-state index is 12.2. The summed E-state index contributed by atoms with van der Waals surface area (Å²) in [6.07, 6.45) is 4.89. The Morgan fingerprint density at radius 3 is 2.72 bits per heavy atom. The fraction of sp³-hybridized carbons (Fsp3) is 0.200. The number of pyridine rings is 1. The Morgan fingerprint density at radius 2 is 2.03 bits per heavy atom. The topological polar surface area (TPSA) is 104 Å². The number of ether oxygens (including phenoxy) is 1. The van der Waals surface area contributed by atoms with Crippen molar-refractivity contribution in [1.29, 1.82) is 5.26 Å². The number of nitrogens with zero attached hydrogens (tertiary/aromatic N) is 3. The Balaban J connectivity index is 1.47. The van der Waals surface area contributed by atoms with Gasteiger partial charge >= 0.3 is 5.97 Å². The van der Waals surface area contributed by atoms with Crippen LogP contribution in [0.2, 0.25) is 0 Å². The first-order valence-electron chi connectivity index (χ1n) is 10.4. The van der Waals surface area contributed by atoms with Crippen LogP contribution in [0.25, 0.3) is 11.0 Å². The van der Waals surface area contributed by atoms with Crippen LogP contribution in [0.1, 0.15) is 46.6 Å². The van der Waals surface area contributed by atoms with Crippen LogP contribution in [-0.4, -0.2) is 28.0 Å². The number of H-pyrrole nitrogens is 1. The first-order chi connectivity index (χ1) is 15.6. The highest BCUT2D eigenvalue weighted by Gasteiger charge is 2.43. The number of benzene rings is 2. The fourth-order valence-electron chi connectivity index (χ4n) is 4.29. The molecule has 32 heavy (non-hydrogen) atoms. The van der Waals surface area contributed by atoms with Gasteiger partial charge in [-0.2, -0.15) is 5.26 Å². The molecule has 0 radical (unpaired) electrons. The third-order valence-electron chi connectivity index (χ3n) is 6.16. The highest BCUT2D eigenvalue weighted by atomic mass is 16.5. The Kier molecular flexibility index (Phi) is 4.83. The zero-order valence-electron chi connectivity index (χ0n) is 17.6. The van der Waals surface area contributed by atoms with Gasteiger partial charge in [0.05, 0.1) is 35.2 Å². The van der Waals surface area contributed by atoms with E-state index in [1.54, 1.807) is 18.2 Å². The second-order valence-electron chi connectivity index (χ2n) is 7.96. The molecule has 2 aromatic carbocycles. The van der Waals surface area contributed by atoms with Crippen molar-refractivity contribution in [3.63, 3.8) is 0 Å². The van der Waals surface area contributed by atoms with Crippen LogP contribution in [0.15, 0.2) is 60.8 Å². The molecule has 0 saturated heterocycles. The van der Waals surface area contributed by atoms with Crippen LogP contribution in [0.3, 0.4) is 0 Å². The van der Waals surface area contributed by atoms with Gasteiger partial charge in [-0.25, -0.2) is 14.8 Å². The van der Waals surface area contributed by atoms with Gasteiger partial charge < -0.3 is 15.0 Å². The van der Waals surface area contributed by atoms with Crippen LogP contribution >= 0.6 is 0 Å². The average molecular weight is 423 g/mol. The number of anilines is 2. The summed E-state index contributed by atoms with van der Waals surface area (Å²) in [5.41, 5.74) is 4.14. The maximum absolute atomic E-state index is 12.2. The molecule has 1 fully saturated rings. The zero-order chi connectivity index (χ0) is 22.1. The summed E-state index contributed by atoms with van der Waals surface area (Å²) in [6.45, 7) is 0. The normalized spacial score (nSPS) is 14.4. The van der Waals surface area contributed by atoms with Crippen molar-refractivity contribution < 1.29 is 9.53 Å². The summed E-state index contributed by atoms with van der Waals surface area (Å²) in [4.78, 5) is 25.0. The van der Waals surface area contributed by atoms with Gasteiger partial charge in [0, 0.05) is 11.9 Å². The number of carbonyl (C=O) groups is 1. The predicted molar refractivity (Wildman–Crippen MR) is 121 cm³/mol. The van der Waals surface area contributed by atoms with Crippen molar-refractivity contribution in [1.82, 2.24) is 15.0 Å². The van der Waals surface area contributed by atoms with Gasteiger partial charge in [-0.05, 0) is 54.8 Å². The molecule has 2 heterocycles. The highest BCUT2D eigenvalue weighted by Crippen LogP contribution is 2.48. The minimum Gasteiger partial charge on any atom is -0.465 e. The summed E-state index contributed by atoms with van der Waals surface area (Å²) >= 11 is 0. The van der Waals surface area contributed by atoms with E-state index in [0.717, 1.165) is 41.9 Å². The van der Waals surface area contributed by atoms with E-state index in [9.17, 15) is 4.79 Å². The van der Waals surface area contributed by atoms with Crippen LogP contribution in [0, 0.1) is 11.3 Å². The molecule has 7 nitrogen and oxygen atoms in total. The van der Waals surface area contributed by atoms with E-state index >= 15 is 0 Å². The SMILES string of the molecule is COC(=O)c1cccc2[nH]c(C3(c4ccc(Nc5cccc(C#N)c5)nc4)CCC3)nc12. The van der Waals surface area contributed by atoms with E-state index in [2.05, 4.69) is 27.4 Å². The molecular weight excluding hydrogens is 402 g/mol. The number of fused-ring (bicyclic) bond motifs is 1. The molecule has 0 bridgehead atoms. The summed E-state index contributed by atoms with van der Waals surface area (Å²) in [6, 6.07) is 18.9. The minimum absolute atomic E-state index is 0.251. The molecule has 0 spiro atoms. The number of hydrogen-bond acceptors (Lipinski definition) is 6. The first kappa shape index (κ1) is 19.8. The lowest BCUT2D eigenvalue weighted by Crippen LogP contribution is -2.36. The molecule has 2 N–H and O–H groups in total. The van der Waals surface area contributed by atoms with E-state index in [-0.39, 0.29) is 5.41 Å². The summed E-state index contributed by atoms with van der Waals surface area (Å²) < 4.78 is 4.91. The molecule has 1 saturated carbocycles.